The number of halogens is 1. The Morgan fingerprint density at radius 3 is 3.12 bits per heavy atom. The predicted molar refractivity (Wildman–Crippen MR) is 87.6 cm³/mol. The molecule has 0 saturated heterocycles. The maximum Gasteiger partial charge on any atom is 0.251 e. The van der Waals surface area contributed by atoms with E-state index in [2.05, 4.69) is 15.3 Å². The molecule has 2 aliphatic rings. The summed E-state index contributed by atoms with van der Waals surface area (Å²) in [7, 11) is 0. The van der Waals surface area contributed by atoms with Crippen LogP contribution in [-0.2, 0) is 12.8 Å². The van der Waals surface area contributed by atoms with E-state index in [1.807, 2.05) is 13.1 Å². The molecular weight excluding hydrogens is 330 g/mol. The number of nitrogens with zero attached hydrogens (tertiary/aromatic N) is 2. The number of fused-ring (bicyclic) bond motifs is 2. The van der Waals surface area contributed by atoms with Gasteiger partial charge in [-0.3, -0.25) is 4.79 Å². The molecule has 0 bridgehead atoms. The Morgan fingerprint density at radius 2 is 2.25 bits per heavy atom. The highest BCUT2D eigenvalue weighted by molar-refractivity contribution is 6.32. The fraction of sp³-hybridized carbons (Fsp3) is 0.353. The van der Waals surface area contributed by atoms with E-state index in [4.69, 9.17) is 21.1 Å². The van der Waals surface area contributed by atoms with Crippen LogP contribution in [0.3, 0.4) is 0 Å². The molecule has 0 saturated carbocycles. The van der Waals surface area contributed by atoms with Crippen molar-refractivity contribution in [3.63, 3.8) is 0 Å². The van der Waals surface area contributed by atoms with Gasteiger partial charge in [-0.05, 0) is 43.9 Å². The lowest BCUT2D eigenvalue weighted by Gasteiger charge is -2.24. The summed E-state index contributed by atoms with van der Waals surface area (Å²) in [6.45, 7) is 2.01. The lowest BCUT2D eigenvalue weighted by atomic mass is 9.92. The average molecular weight is 346 g/mol. The molecule has 4 rings (SSSR count). The average Bonchev–Trinajstić information content (AvgIpc) is 3.04. The van der Waals surface area contributed by atoms with Gasteiger partial charge >= 0.3 is 0 Å². The number of hydrogen-bond acceptors (Lipinski definition) is 5. The second-order valence-electron chi connectivity index (χ2n) is 5.99. The van der Waals surface area contributed by atoms with Crippen LogP contribution >= 0.6 is 11.6 Å². The Labute approximate surface area is 144 Å². The fourth-order valence-corrected chi connectivity index (χ4v) is 3.36. The van der Waals surface area contributed by atoms with E-state index in [-0.39, 0.29) is 18.7 Å². The third-order valence-electron chi connectivity index (χ3n) is 4.30. The van der Waals surface area contributed by atoms with E-state index in [1.165, 1.54) is 0 Å². The molecule has 2 heterocycles. The molecule has 0 unspecified atom stereocenters. The summed E-state index contributed by atoms with van der Waals surface area (Å²) >= 11 is 6.14. The van der Waals surface area contributed by atoms with Gasteiger partial charge in [0.1, 0.15) is 5.82 Å². The smallest absolute Gasteiger partial charge is 0.251 e. The first kappa shape index (κ1) is 15.2. The SMILES string of the molecule is Cc1ncc2c(n1)CC[C@@H](NC(=O)c1cc(Cl)c3c(c1)OCO3)C2. The van der Waals surface area contributed by atoms with Gasteiger partial charge in [0.15, 0.2) is 11.5 Å². The Bertz CT molecular complexity index is 825. The maximum absolute atomic E-state index is 12.5. The van der Waals surface area contributed by atoms with Crippen LogP contribution in [0.15, 0.2) is 18.3 Å². The summed E-state index contributed by atoms with van der Waals surface area (Å²) in [6.07, 6.45) is 4.28. The third kappa shape index (κ3) is 2.78. The largest absolute Gasteiger partial charge is 0.454 e. The molecule has 2 aromatic rings. The minimum atomic E-state index is -0.170. The Balaban J connectivity index is 1.49. The minimum absolute atomic E-state index is 0.0560. The van der Waals surface area contributed by atoms with Crippen LogP contribution in [0.5, 0.6) is 11.5 Å². The summed E-state index contributed by atoms with van der Waals surface area (Å²) in [5.41, 5.74) is 2.65. The molecule has 6 nitrogen and oxygen atoms in total. The zero-order chi connectivity index (χ0) is 16.7. The highest BCUT2D eigenvalue weighted by Crippen LogP contribution is 2.39. The first-order chi connectivity index (χ1) is 11.6. The Kier molecular flexibility index (Phi) is 3.76. The number of hydrogen-bond donors (Lipinski definition) is 1. The van der Waals surface area contributed by atoms with Crippen LogP contribution in [0.25, 0.3) is 0 Å². The van der Waals surface area contributed by atoms with Gasteiger partial charge in [-0.25, -0.2) is 9.97 Å². The normalized spacial score (nSPS) is 18.2. The van der Waals surface area contributed by atoms with Gasteiger partial charge < -0.3 is 14.8 Å². The molecule has 1 aromatic heterocycles. The van der Waals surface area contributed by atoms with Crippen LogP contribution in [0, 0.1) is 6.92 Å². The van der Waals surface area contributed by atoms with Crippen molar-refractivity contribution in [3.8, 4) is 11.5 Å². The van der Waals surface area contributed by atoms with Gasteiger partial charge in [0.25, 0.3) is 5.91 Å². The van der Waals surface area contributed by atoms with Crippen molar-refractivity contribution in [1.82, 2.24) is 15.3 Å². The van der Waals surface area contributed by atoms with Crippen LogP contribution in [0.1, 0.15) is 33.9 Å². The van der Waals surface area contributed by atoms with E-state index < -0.39 is 0 Å². The van der Waals surface area contributed by atoms with E-state index >= 15 is 0 Å². The zero-order valence-electron chi connectivity index (χ0n) is 13.1. The van der Waals surface area contributed by atoms with E-state index in [0.717, 1.165) is 36.3 Å². The topological polar surface area (TPSA) is 73.3 Å². The summed E-state index contributed by atoms with van der Waals surface area (Å²) in [5.74, 6) is 1.61. The highest BCUT2D eigenvalue weighted by atomic mass is 35.5. The van der Waals surface area contributed by atoms with Crippen molar-refractivity contribution in [1.29, 1.82) is 0 Å². The molecule has 1 atom stereocenters. The molecule has 1 amide bonds. The van der Waals surface area contributed by atoms with E-state index in [1.54, 1.807) is 12.1 Å². The lowest BCUT2D eigenvalue weighted by molar-refractivity contribution is 0.0933. The zero-order valence-corrected chi connectivity index (χ0v) is 13.9. The number of carbonyl (C=O) groups excluding carboxylic acids is 1. The molecule has 0 spiro atoms. The second kappa shape index (κ2) is 5.94. The number of rotatable bonds is 2. The molecule has 24 heavy (non-hydrogen) atoms. The molecule has 124 valence electrons. The molecule has 7 heteroatoms. The monoisotopic (exact) mass is 345 g/mol. The van der Waals surface area contributed by atoms with Gasteiger partial charge in [0.2, 0.25) is 6.79 Å². The van der Waals surface area contributed by atoms with Gasteiger partial charge in [0, 0.05) is 23.5 Å². The van der Waals surface area contributed by atoms with Crippen LogP contribution in [0.4, 0.5) is 0 Å². The van der Waals surface area contributed by atoms with Gasteiger partial charge in [-0.1, -0.05) is 11.6 Å². The Morgan fingerprint density at radius 1 is 1.38 bits per heavy atom. The molecular formula is C17H16ClN3O3. The number of nitrogens with one attached hydrogen (secondary N) is 1. The number of benzene rings is 1. The van der Waals surface area contributed by atoms with Crippen molar-refractivity contribution in [2.24, 2.45) is 0 Å². The van der Waals surface area contributed by atoms with Crippen molar-refractivity contribution in [3.05, 3.63) is 46.0 Å². The molecule has 1 aromatic carbocycles. The van der Waals surface area contributed by atoms with Crippen molar-refractivity contribution < 1.29 is 14.3 Å². The quantitative estimate of drug-likeness (QED) is 0.905. The highest BCUT2D eigenvalue weighted by Gasteiger charge is 2.24. The summed E-state index contributed by atoms with van der Waals surface area (Å²) < 4.78 is 10.6. The van der Waals surface area contributed by atoms with E-state index in [0.29, 0.717) is 22.1 Å². The number of aromatic nitrogens is 2. The minimum Gasteiger partial charge on any atom is -0.454 e. The van der Waals surface area contributed by atoms with Crippen LogP contribution < -0.4 is 14.8 Å². The predicted octanol–water partition coefficient (Wildman–Crippen LogP) is 2.45. The summed E-state index contributed by atoms with van der Waals surface area (Å²) in [6, 6.07) is 3.32. The van der Waals surface area contributed by atoms with E-state index in [9.17, 15) is 4.79 Å². The number of carbonyl (C=O) groups is 1. The first-order valence-electron chi connectivity index (χ1n) is 7.81. The Hall–Kier alpha value is -2.34. The van der Waals surface area contributed by atoms with Crippen molar-refractivity contribution in [2.75, 3.05) is 6.79 Å². The lowest BCUT2D eigenvalue weighted by Crippen LogP contribution is -2.39. The fourth-order valence-electron chi connectivity index (χ4n) is 3.10. The molecule has 0 fully saturated rings. The number of amides is 1. The van der Waals surface area contributed by atoms with Crippen LogP contribution in [-0.4, -0.2) is 28.7 Å². The molecule has 1 aliphatic heterocycles. The third-order valence-corrected chi connectivity index (χ3v) is 4.58. The van der Waals surface area contributed by atoms with Crippen molar-refractivity contribution >= 4 is 17.5 Å². The first-order valence-corrected chi connectivity index (χ1v) is 8.19. The van der Waals surface area contributed by atoms with Gasteiger partial charge in [-0.15, -0.1) is 0 Å². The molecule has 1 aliphatic carbocycles. The molecule has 0 radical (unpaired) electrons. The number of ether oxygens (including phenoxy) is 2. The van der Waals surface area contributed by atoms with Gasteiger partial charge in [-0.2, -0.15) is 0 Å². The van der Waals surface area contributed by atoms with Gasteiger partial charge in [0.05, 0.1) is 5.02 Å². The number of aryl methyl sites for hydroxylation is 2. The summed E-state index contributed by atoms with van der Waals surface area (Å²) in [5, 5.41) is 3.44. The van der Waals surface area contributed by atoms with Crippen molar-refractivity contribution in [2.45, 2.75) is 32.2 Å². The second-order valence-corrected chi connectivity index (χ2v) is 6.40. The maximum atomic E-state index is 12.5. The summed E-state index contributed by atoms with van der Waals surface area (Å²) in [4.78, 5) is 21.2. The standard InChI is InChI=1S/C17H16ClN3O3/c1-9-19-7-11-4-12(2-3-14(11)20-9)21-17(22)10-5-13(18)16-15(6-10)23-8-24-16/h5-7,12H,2-4,8H2,1H3,(H,21,22)/t12-/m1/s1. The van der Waals surface area contributed by atoms with Crippen LogP contribution in [0.2, 0.25) is 5.02 Å². The molecule has 1 N–H and O–H groups in total.